The standard InChI is InChI=1S/C12H13N3O/c1-8(6-9(2)16)15-11-5-3-4-10-12(11)14-7-13-10/h3-7,15H,1-2H3,(H,13,14). The molecule has 0 aliphatic rings. The molecular weight excluding hydrogens is 202 g/mol. The van der Waals surface area contributed by atoms with Crippen LogP contribution in [-0.2, 0) is 4.79 Å². The molecule has 2 rings (SSSR count). The zero-order valence-electron chi connectivity index (χ0n) is 9.24. The number of allylic oxidation sites excluding steroid dienone is 2. The van der Waals surface area contributed by atoms with Gasteiger partial charge in [-0.2, -0.15) is 0 Å². The van der Waals surface area contributed by atoms with Gasteiger partial charge < -0.3 is 10.3 Å². The van der Waals surface area contributed by atoms with Gasteiger partial charge in [-0.15, -0.1) is 0 Å². The average molecular weight is 215 g/mol. The molecule has 0 saturated carbocycles. The van der Waals surface area contributed by atoms with Gasteiger partial charge in [0.05, 0.1) is 17.5 Å². The summed E-state index contributed by atoms with van der Waals surface area (Å²) in [7, 11) is 0. The van der Waals surface area contributed by atoms with Gasteiger partial charge in [0.1, 0.15) is 5.52 Å². The summed E-state index contributed by atoms with van der Waals surface area (Å²) in [5, 5.41) is 3.16. The number of nitrogens with zero attached hydrogens (tertiary/aromatic N) is 1. The number of H-pyrrole nitrogens is 1. The predicted octanol–water partition coefficient (Wildman–Crippen LogP) is 2.47. The number of fused-ring (bicyclic) bond motifs is 1. The van der Waals surface area contributed by atoms with Gasteiger partial charge in [0.2, 0.25) is 0 Å². The van der Waals surface area contributed by atoms with E-state index < -0.39 is 0 Å². The van der Waals surface area contributed by atoms with Crippen molar-refractivity contribution in [3.05, 3.63) is 36.3 Å². The monoisotopic (exact) mass is 215 g/mol. The number of nitrogens with one attached hydrogen (secondary N) is 2. The van der Waals surface area contributed by atoms with E-state index in [9.17, 15) is 4.79 Å². The van der Waals surface area contributed by atoms with Crippen molar-refractivity contribution in [1.29, 1.82) is 0 Å². The van der Waals surface area contributed by atoms with Gasteiger partial charge in [-0.05, 0) is 32.1 Å². The van der Waals surface area contributed by atoms with Gasteiger partial charge in [0.15, 0.2) is 5.78 Å². The molecule has 2 N–H and O–H groups in total. The van der Waals surface area contributed by atoms with E-state index >= 15 is 0 Å². The minimum Gasteiger partial charge on any atom is -0.357 e. The Bertz CT molecular complexity index is 554. The molecule has 1 aromatic carbocycles. The Hall–Kier alpha value is -2.10. The number of imidazole rings is 1. The van der Waals surface area contributed by atoms with Crippen molar-refractivity contribution in [3.63, 3.8) is 0 Å². The Labute approximate surface area is 93.4 Å². The van der Waals surface area contributed by atoms with Crippen molar-refractivity contribution >= 4 is 22.5 Å². The van der Waals surface area contributed by atoms with Gasteiger partial charge in [0.25, 0.3) is 0 Å². The van der Waals surface area contributed by atoms with E-state index in [1.54, 1.807) is 12.4 Å². The number of aromatic nitrogens is 2. The van der Waals surface area contributed by atoms with E-state index in [2.05, 4.69) is 15.3 Å². The third-order valence-corrected chi connectivity index (χ3v) is 2.20. The van der Waals surface area contributed by atoms with Crippen LogP contribution in [0.3, 0.4) is 0 Å². The summed E-state index contributed by atoms with van der Waals surface area (Å²) in [6, 6.07) is 5.82. The molecule has 0 aliphatic heterocycles. The van der Waals surface area contributed by atoms with Crippen molar-refractivity contribution in [2.24, 2.45) is 0 Å². The zero-order chi connectivity index (χ0) is 11.5. The topological polar surface area (TPSA) is 57.8 Å². The fourth-order valence-electron chi connectivity index (χ4n) is 1.62. The number of rotatable bonds is 3. The first-order valence-corrected chi connectivity index (χ1v) is 5.05. The highest BCUT2D eigenvalue weighted by atomic mass is 16.1. The van der Waals surface area contributed by atoms with E-state index in [4.69, 9.17) is 0 Å². The molecule has 16 heavy (non-hydrogen) atoms. The van der Waals surface area contributed by atoms with Crippen LogP contribution in [0, 0.1) is 0 Å². The number of hydrogen-bond acceptors (Lipinski definition) is 3. The van der Waals surface area contributed by atoms with Crippen LogP contribution in [0.15, 0.2) is 36.3 Å². The normalized spacial score (nSPS) is 11.8. The van der Waals surface area contributed by atoms with Crippen LogP contribution >= 0.6 is 0 Å². The van der Waals surface area contributed by atoms with E-state index in [0.717, 1.165) is 22.4 Å². The fourth-order valence-corrected chi connectivity index (χ4v) is 1.62. The fraction of sp³-hybridized carbons (Fsp3) is 0.167. The number of carbonyl (C=O) groups excluding carboxylic acids is 1. The van der Waals surface area contributed by atoms with Gasteiger partial charge in [-0.1, -0.05) is 6.07 Å². The van der Waals surface area contributed by atoms with Crippen LogP contribution in [0.1, 0.15) is 13.8 Å². The number of anilines is 1. The second-order valence-corrected chi connectivity index (χ2v) is 3.67. The second kappa shape index (κ2) is 4.18. The smallest absolute Gasteiger partial charge is 0.154 e. The average Bonchev–Trinajstić information content (AvgIpc) is 2.65. The number of hydrogen-bond donors (Lipinski definition) is 2. The maximum atomic E-state index is 10.9. The quantitative estimate of drug-likeness (QED) is 0.773. The van der Waals surface area contributed by atoms with Gasteiger partial charge >= 0.3 is 0 Å². The molecule has 1 aromatic heterocycles. The minimum absolute atomic E-state index is 0.0270. The Morgan fingerprint density at radius 2 is 2.25 bits per heavy atom. The molecule has 0 aliphatic carbocycles. The summed E-state index contributed by atoms with van der Waals surface area (Å²) in [6.45, 7) is 3.38. The largest absolute Gasteiger partial charge is 0.357 e. The van der Waals surface area contributed by atoms with Crippen LogP contribution in [0.2, 0.25) is 0 Å². The van der Waals surface area contributed by atoms with Crippen LogP contribution < -0.4 is 5.32 Å². The Balaban J connectivity index is 2.34. The predicted molar refractivity (Wildman–Crippen MR) is 64.2 cm³/mol. The van der Waals surface area contributed by atoms with Crippen molar-refractivity contribution in [2.45, 2.75) is 13.8 Å². The highest BCUT2D eigenvalue weighted by Gasteiger charge is 2.02. The molecule has 82 valence electrons. The van der Waals surface area contributed by atoms with E-state index in [-0.39, 0.29) is 5.78 Å². The third kappa shape index (κ3) is 2.11. The first-order valence-electron chi connectivity index (χ1n) is 5.05. The molecule has 0 spiro atoms. The SMILES string of the molecule is CC(=O)C=C(C)Nc1cccc2[nH]cnc12. The number of benzene rings is 1. The Morgan fingerprint density at radius 1 is 1.44 bits per heavy atom. The molecular formula is C12H13N3O. The van der Waals surface area contributed by atoms with Crippen molar-refractivity contribution in [3.8, 4) is 0 Å². The number of carbonyl (C=O) groups is 1. The maximum absolute atomic E-state index is 10.9. The molecule has 0 bridgehead atoms. The summed E-state index contributed by atoms with van der Waals surface area (Å²) in [5.41, 5.74) is 3.55. The summed E-state index contributed by atoms with van der Waals surface area (Å²) in [6.07, 6.45) is 3.21. The van der Waals surface area contributed by atoms with Crippen LogP contribution in [0.5, 0.6) is 0 Å². The lowest BCUT2D eigenvalue weighted by Crippen LogP contribution is -1.98. The molecule has 0 atom stereocenters. The molecule has 4 nitrogen and oxygen atoms in total. The molecule has 0 saturated heterocycles. The Morgan fingerprint density at radius 3 is 3.00 bits per heavy atom. The van der Waals surface area contributed by atoms with Crippen molar-refractivity contribution < 1.29 is 4.79 Å². The summed E-state index contributed by atoms with van der Waals surface area (Å²) in [5.74, 6) is 0.0270. The van der Waals surface area contributed by atoms with Crippen molar-refractivity contribution in [1.82, 2.24) is 9.97 Å². The van der Waals surface area contributed by atoms with Crippen LogP contribution in [0.4, 0.5) is 5.69 Å². The molecule has 0 radical (unpaired) electrons. The molecule has 2 aromatic rings. The summed E-state index contributed by atoms with van der Waals surface area (Å²) >= 11 is 0. The third-order valence-electron chi connectivity index (χ3n) is 2.20. The number of aromatic amines is 1. The van der Waals surface area contributed by atoms with E-state index in [1.807, 2.05) is 25.1 Å². The molecule has 1 heterocycles. The van der Waals surface area contributed by atoms with E-state index in [1.165, 1.54) is 6.92 Å². The first-order chi connectivity index (χ1) is 7.66. The second-order valence-electron chi connectivity index (χ2n) is 3.67. The highest BCUT2D eigenvalue weighted by Crippen LogP contribution is 2.20. The van der Waals surface area contributed by atoms with Gasteiger partial charge in [-0.3, -0.25) is 4.79 Å². The van der Waals surface area contributed by atoms with E-state index in [0.29, 0.717) is 0 Å². The molecule has 0 fully saturated rings. The summed E-state index contributed by atoms with van der Waals surface area (Å²) < 4.78 is 0. The summed E-state index contributed by atoms with van der Waals surface area (Å²) in [4.78, 5) is 18.2. The Kier molecular flexibility index (Phi) is 2.72. The first kappa shape index (κ1) is 10.4. The minimum atomic E-state index is 0.0270. The lowest BCUT2D eigenvalue weighted by atomic mass is 10.2. The lowest BCUT2D eigenvalue weighted by molar-refractivity contribution is -0.112. The molecule has 0 unspecified atom stereocenters. The van der Waals surface area contributed by atoms with Gasteiger partial charge in [-0.25, -0.2) is 4.98 Å². The maximum Gasteiger partial charge on any atom is 0.154 e. The van der Waals surface area contributed by atoms with Crippen LogP contribution in [0.25, 0.3) is 11.0 Å². The zero-order valence-corrected chi connectivity index (χ0v) is 9.24. The van der Waals surface area contributed by atoms with Gasteiger partial charge in [0, 0.05) is 5.70 Å². The van der Waals surface area contributed by atoms with Crippen molar-refractivity contribution in [2.75, 3.05) is 5.32 Å². The van der Waals surface area contributed by atoms with Crippen LogP contribution in [-0.4, -0.2) is 15.8 Å². The number of ketones is 1. The number of para-hydroxylation sites is 1. The lowest BCUT2D eigenvalue weighted by Gasteiger charge is -2.06. The molecule has 4 heteroatoms. The molecule has 0 amide bonds. The highest BCUT2D eigenvalue weighted by molar-refractivity contribution is 5.91.